The summed E-state index contributed by atoms with van der Waals surface area (Å²) in [5.74, 6) is -0.160. The van der Waals surface area contributed by atoms with Gasteiger partial charge in [-0.05, 0) is 43.0 Å². The van der Waals surface area contributed by atoms with Gasteiger partial charge in [0, 0.05) is 12.2 Å². The lowest BCUT2D eigenvalue weighted by Gasteiger charge is -2.07. The van der Waals surface area contributed by atoms with Gasteiger partial charge in [0.15, 0.2) is 0 Å². The number of amides is 2. The van der Waals surface area contributed by atoms with Gasteiger partial charge in [0.25, 0.3) is 0 Å². The number of urea groups is 1. The van der Waals surface area contributed by atoms with Gasteiger partial charge in [0.05, 0.1) is 0 Å². The summed E-state index contributed by atoms with van der Waals surface area (Å²) in [6.45, 7) is 0.577. The van der Waals surface area contributed by atoms with E-state index in [-0.39, 0.29) is 11.8 Å². The molecule has 2 aromatic rings. The number of nitrogens with one attached hydrogen (secondary N) is 2. The number of rotatable bonds is 6. The van der Waals surface area contributed by atoms with Crippen molar-refractivity contribution in [1.29, 1.82) is 0 Å². The minimum atomic E-state index is -0.216. The van der Waals surface area contributed by atoms with Crippen LogP contribution in [0.2, 0.25) is 0 Å². The zero-order valence-corrected chi connectivity index (χ0v) is 11.8. The van der Waals surface area contributed by atoms with Gasteiger partial charge >= 0.3 is 6.03 Å². The lowest BCUT2D eigenvalue weighted by molar-refractivity contribution is 0.252. The van der Waals surface area contributed by atoms with Crippen molar-refractivity contribution < 1.29 is 9.18 Å². The predicted octanol–water partition coefficient (Wildman–Crippen LogP) is 3.97. The Hall–Kier alpha value is -2.36. The molecule has 2 rings (SSSR count). The molecule has 0 heterocycles. The second-order valence-corrected chi connectivity index (χ2v) is 4.80. The molecule has 2 amide bonds. The van der Waals surface area contributed by atoms with E-state index in [1.807, 2.05) is 36.4 Å². The number of unbranched alkanes of at least 4 members (excludes halogenated alkanes) is 1. The van der Waals surface area contributed by atoms with Crippen LogP contribution in [0, 0.1) is 5.82 Å². The number of para-hydroxylation sites is 1. The minimum absolute atomic E-state index is 0.160. The SMILES string of the molecule is O=C(NCCCCc1ccccc1F)Nc1ccccc1. The summed E-state index contributed by atoms with van der Waals surface area (Å²) in [6, 6.07) is 15.9. The third-order valence-electron chi connectivity index (χ3n) is 3.15. The van der Waals surface area contributed by atoms with Crippen LogP contribution in [0.3, 0.4) is 0 Å². The topological polar surface area (TPSA) is 41.1 Å². The van der Waals surface area contributed by atoms with Crippen molar-refractivity contribution in [3.63, 3.8) is 0 Å². The van der Waals surface area contributed by atoms with Crippen molar-refractivity contribution >= 4 is 11.7 Å². The molecule has 0 unspecified atom stereocenters. The number of halogens is 1. The maximum Gasteiger partial charge on any atom is 0.319 e. The second-order valence-electron chi connectivity index (χ2n) is 4.80. The Bertz CT molecular complexity index is 572. The van der Waals surface area contributed by atoms with Crippen LogP contribution in [0.25, 0.3) is 0 Å². The first-order chi connectivity index (χ1) is 10.3. The number of aryl methyl sites for hydroxylation is 1. The molecule has 3 nitrogen and oxygen atoms in total. The Morgan fingerprint density at radius 3 is 2.43 bits per heavy atom. The average molecular weight is 286 g/mol. The van der Waals surface area contributed by atoms with Gasteiger partial charge in [-0.1, -0.05) is 36.4 Å². The van der Waals surface area contributed by atoms with E-state index in [0.717, 1.165) is 24.1 Å². The van der Waals surface area contributed by atoms with Crippen molar-refractivity contribution in [2.45, 2.75) is 19.3 Å². The van der Waals surface area contributed by atoms with Crippen molar-refractivity contribution in [2.75, 3.05) is 11.9 Å². The van der Waals surface area contributed by atoms with E-state index >= 15 is 0 Å². The van der Waals surface area contributed by atoms with Gasteiger partial charge < -0.3 is 10.6 Å². The lowest BCUT2D eigenvalue weighted by atomic mass is 10.1. The number of benzene rings is 2. The van der Waals surface area contributed by atoms with Crippen molar-refractivity contribution in [3.8, 4) is 0 Å². The number of carbonyl (C=O) groups is 1. The Kier molecular flexibility index (Phi) is 5.76. The van der Waals surface area contributed by atoms with Gasteiger partial charge in [-0.25, -0.2) is 9.18 Å². The van der Waals surface area contributed by atoms with Crippen LogP contribution in [0.1, 0.15) is 18.4 Å². The molecule has 4 heteroatoms. The van der Waals surface area contributed by atoms with E-state index in [2.05, 4.69) is 10.6 Å². The summed E-state index contributed by atoms with van der Waals surface area (Å²) in [6.07, 6.45) is 2.34. The molecular formula is C17H19FN2O. The molecule has 0 radical (unpaired) electrons. The van der Waals surface area contributed by atoms with Crippen LogP contribution in [0.15, 0.2) is 54.6 Å². The van der Waals surface area contributed by atoms with Crippen molar-refractivity contribution in [3.05, 3.63) is 66.0 Å². The molecular weight excluding hydrogens is 267 g/mol. The van der Waals surface area contributed by atoms with Crippen LogP contribution in [0.5, 0.6) is 0 Å². The summed E-state index contributed by atoms with van der Waals surface area (Å²) >= 11 is 0. The van der Waals surface area contributed by atoms with E-state index in [9.17, 15) is 9.18 Å². The van der Waals surface area contributed by atoms with Gasteiger partial charge in [-0.2, -0.15) is 0 Å². The predicted molar refractivity (Wildman–Crippen MR) is 82.8 cm³/mol. The second kappa shape index (κ2) is 8.04. The Morgan fingerprint density at radius 1 is 0.952 bits per heavy atom. The van der Waals surface area contributed by atoms with Crippen LogP contribution >= 0.6 is 0 Å². The zero-order valence-electron chi connectivity index (χ0n) is 11.8. The fraction of sp³-hybridized carbons (Fsp3) is 0.235. The summed E-state index contributed by atoms with van der Waals surface area (Å²) in [4.78, 5) is 11.6. The molecule has 2 aromatic carbocycles. The number of carbonyl (C=O) groups excluding carboxylic acids is 1. The van der Waals surface area contributed by atoms with E-state index < -0.39 is 0 Å². The number of hydrogen-bond donors (Lipinski definition) is 2. The highest BCUT2D eigenvalue weighted by Crippen LogP contribution is 2.09. The third-order valence-corrected chi connectivity index (χ3v) is 3.15. The molecule has 0 spiro atoms. The highest BCUT2D eigenvalue weighted by atomic mass is 19.1. The third kappa shape index (κ3) is 5.26. The van der Waals surface area contributed by atoms with E-state index in [4.69, 9.17) is 0 Å². The maximum absolute atomic E-state index is 13.4. The van der Waals surface area contributed by atoms with Gasteiger partial charge in [0.1, 0.15) is 5.82 Å². The molecule has 0 saturated carbocycles. The quantitative estimate of drug-likeness (QED) is 0.775. The molecule has 0 fully saturated rings. The summed E-state index contributed by atoms with van der Waals surface area (Å²) in [5, 5.41) is 5.54. The smallest absolute Gasteiger partial charge is 0.319 e. The van der Waals surface area contributed by atoms with Crippen molar-refractivity contribution in [1.82, 2.24) is 5.32 Å². The molecule has 0 aliphatic carbocycles. The molecule has 21 heavy (non-hydrogen) atoms. The largest absolute Gasteiger partial charge is 0.338 e. The van der Waals surface area contributed by atoms with E-state index in [1.54, 1.807) is 12.1 Å². The molecule has 2 N–H and O–H groups in total. The highest BCUT2D eigenvalue weighted by molar-refractivity contribution is 5.89. The summed E-state index contributed by atoms with van der Waals surface area (Å²) in [7, 11) is 0. The Morgan fingerprint density at radius 2 is 1.67 bits per heavy atom. The molecule has 0 aliphatic rings. The van der Waals surface area contributed by atoms with Gasteiger partial charge in [0.2, 0.25) is 0 Å². The van der Waals surface area contributed by atoms with E-state index in [1.165, 1.54) is 6.07 Å². The summed E-state index contributed by atoms with van der Waals surface area (Å²) in [5.41, 5.74) is 1.49. The van der Waals surface area contributed by atoms with Crippen LogP contribution in [0.4, 0.5) is 14.9 Å². The first-order valence-corrected chi connectivity index (χ1v) is 7.09. The fourth-order valence-electron chi connectivity index (χ4n) is 2.04. The lowest BCUT2D eigenvalue weighted by Crippen LogP contribution is -2.29. The molecule has 0 aliphatic heterocycles. The van der Waals surface area contributed by atoms with Crippen LogP contribution in [-0.4, -0.2) is 12.6 Å². The normalized spacial score (nSPS) is 10.1. The molecule has 0 bridgehead atoms. The first-order valence-electron chi connectivity index (χ1n) is 7.09. The van der Waals surface area contributed by atoms with Crippen LogP contribution < -0.4 is 10.6 Å². The standard InChI is InChI=1S/C17H19FN2O/c18-16-12-5-4-8-14(16)9-6-7-13-19-17(21)20-15-10-2-1-3-11-15/h1-5,8,10-12H,6-7,9,13H2,(H2,19,20,21). The minimum Gasteiger partial charge on any atom is -0.338 e. The van der Waals surface area contributed by atoms with Gasteiger partial charge in [-0.15, -0.1) is 0 Å². The highest BCUT2D eigenvalue weighted by Gasteiger charge is 2.02. The molecule has 0 atom stereocenters. The van der Waals surface area contributed by atoms with Crippen LogP contribution in [-0.2, 0) is 6.42 Å². The average Bonchev–Trinajstić information content (AvgIpc) is 2.50. The maximum atomic E-state index is 13.4. The monoisotopic (exact) mass is 286 g/mol. The Labute approximate surface area is 124 Å². The van der Waals surface area contributed by atoms with Crippen molar-refractivity contribution in [2.24, 2.45) is 0 Å². The molecule has 0 aromatic heterocycles. The number of anilines is 1. The zero-order chi connectivity index (χ0) is 14.9. The van der Waals surface area contributed by atoms with Gasteiger partial charge in [-0.3, -0.25) is 0 Å². The fourth-order valence-corrected chi connectivity index (χ4v) is 2.04. The van der Waals surface area contributed by atoms with E-state index in [0.29, 0.717) is 13.0 Å². The first kappa shape index (κ1) is 15.0. The number of hydrogen-bond acceptors (Lipinski definition) is 1. The Balaban J connectivity index is 1.62. The summed E-state index contributed by atoms with van der Waals surface area (Å²) < 4.78 is 13.4. The molecule has 0 saturated heterocycles. The molecule has 110 valence electrons.